The van der Waals surface area contributed by atoms with E-state index in [2.05, 4.69) is 86.1 Å². The van der Waals surface area contributed by atoms with Crippen molar-refractivity contribution in [2.75, 3.05) is 44.3 Å². The number of nitrogens with one attached hydrogen (secondary N) is 1. The normalized spacial score (nSPS) is 22.9. The van der Waals surface area contributed by atoms with Gasteiger partial charge in [-0.3, -0.25) is 9.69 Å². The van der Waals surface area contributed by atoms with Crippen LogP contribution in [-0.2, 0) is 16.1 Å². The molecule has 0 radical (unpaired) electrons. The molecule has 2 saturated carbocycles. The number of carbonyl (C=O) groups is 2. The molecule has 1 amide bonds. The highest BCUT2D eigenvalue weighted by Crippen LogP contribution is 2.39. The number of amides is 1. The summed E-state index contributed by atoms with van der Waals surface area (Å²) in [5, 5.41) is 3.24. The number of hydrogen-bond donors (Lipinski definition) is 2. The van der Waals surface area contributed by atoms with Crippen molar-refractivity contribution in [2.45, 2.75) is 150 Å². The van der Waals surface area contributed by atoms with Crippen LogP contribution in [0.5, 0.6) is 0 Å². The standard InChI is InChI=1S/C47H74N4O3/c1-6-51(43-19-17-42(48)18-20-43)45-31-40(39-15-13-38(14-16-39)33-50-25-27-54-28-26-50)30-44(37(45)4)46(53)49-32-41(34-52)36(3)29-35(2)21-24-47(5)22-11-9-7-8-10-12-23-47/h13-16,30-31,34-36,41-43H,6-12,17-29,32-33,48H2,1-5H3,(H,49,53). The van der Waals surface area contributed by atoms with Crippen LogP contribution in [0, 0.1) is 30.1 Å². The predicted molar refractivity (Wildman–Crippen MR) is 225 cm³/mol. The maximum Gasteiger partial charge on any atom is 0.251 e. The number of benzene rings is 2. The van der Waals surface area contributed by atoms with Gasteiger partial charge in [-0.2, -0.15) is 0 Å². The first-order valence-corrected chi connectivity index (χ1v) is 21.9. The Hall–Kier alpha value is -2.74. The van der Waals surface area contributed by atoms with Gasteiger partial charge in [-0.1, -0.05) is 90.0 Å². The predicted octanol–water partition coefficient (Wildman–Crippen LogP) is 9.72. The summed E-state index contributed by atoms with van der Waals surface area (Å²) in [7, 11) is 0. The number of carbonyl (C=O) groups excluding carboxylic acids is 2. The fourth-order valence-electron chi connectivity index (χ4n) is 9.66. The second-order valence-corrected chi connectivity index (χ2v) is 17.9. The molecule has 3 N–H and O–H groups in total. The first kappa shape index (κ1) is 42.4. The number of aldehydes is 1. The average molecular weight is 743 g/mol. The van der Waals surface area contributed by atoms with E-state index in [9.17, 15) is 9.59 Å². The lowest BCUT2D eigenvalue weighted by molar-refractivity contribution is -0.112. The van der Waals surface area contributed by atoms with Crippen molar-refractivity contribution < 1.29 is 14.3 Å². The smallest absolute Gasteiger partial charge is 0.251 e. The average Bonchev–Trinajstić information content (AvgIpc) is 3.28. The number of ether oxygens (including phenoxy) is 1. The molecule has 3 unspecified atom stereocenters. The van der Waals surface area contributed by atoms with Gasteiger partial charge in [0.05, 0.1) is 13.2 Å². The van der Waals surface area contributed by atoms with E-state index >= 15 is 0 Å². The Bertz CT molecular complexity index is 1440. The van der Waals surface area contributed by atoms with Crippen LogP contribution in [0.15, 0.2) is 36.4 Å². The van der Waals surface area contributed by atoms with Gasteiger partial charge in [0.2, 0.25) is 0 Å². The van der Waals surface area contributed by atoms with Crippen molar-refractivity contribution in [3.8, 4) is 11.1 Å². The van der Waals surface area contributed by atoms with Crippen LogP contribution >= 0.6 is 0 Å². The lowest BCUT2D eigenvalue weighted by atomic mass is 9.74. The molecular formula is C47H74N4O3. The van der Waals surface area contributed by atoms with E-state index in [4.69, 9.17) is 10.5 Å². The Kier molecular flexibility index (Phi) is 16.5. The molecule has 1 aliphatic heterocycles. The first-order chi connectivity index (χ1) is 26.1. The number of nitrogens with two attached hydrogens (primary N) is 1. The molecule has 1 heterocycles. The fourth-order valence-corrected chi connectivity index (χ4v) is 9.66. The van der Waals surface area contributed by atoms with Gasteiger partial charge in [0.1, 0.15) is 6.29 Å². The Labute approximate surface area is 328 Å². The van der Waals surface area contributed by atoms with Crippen molar-refractivity contribution in [1.29, 1.82) is 0 Å². The lowest BCUT2D eigenvalue weighted by Crippen LogP contribution is -2.41. The summed E-state index contributed by atoms with van der Waals surface area (Å²) < 4.78 is 5.54. The summed E-state index contributed by atoms with van der Waals surface area (Å²) in [4.78, 5) is 31.6. The molecule has 3 atom stereocenters. The summed E-state index contributed by atoms with van der Waals surface area (Å²) in [6.07, 6.45) is 19.8. The van der Waals surface area contributed by atoms with Gasteiger partial charge in [-0.05, 0) is 117 Å². The topological polar surface area (TPSA) is 87.9 Å². The Morgan fingerprint density at radius 1 is 0.981 bits per heavy atom. The molecule has 2 aromatic rings. The minimum absolute atomic E-state index is 0.0959. The molecule has 3 aliphatic rings. The summed E-state index contributed by atoms with van der Waals surface area (Å²) in [5.74, 6) is 0.455. The van der Waals surface area contributed by atoms with E-state index in [1.807, 2.05) is 0 Å². The maximum absolute atomic E-state index is 14.2. The zero-order chi connectivity index (χ0) is 38.5. The van der Waals surface area contributed by atoms with Crippen LogP contribution in [0.4, 0.5) is 5.69 Å². The quantitative estimate of drug-likeness (QED) is 0.167. The molecule has 5 rings (SSSR count). The molecule has 7 heteroatoms. The van der Waals surface area contributed by atoms with E-state index < -0.39 is 0 Å². The van der Waals surface area contributed by atoms with Crippen molar-refractivity contribution in [1.82, 2.24) is 10.2 Å². The van der Waals surface area contributed by atoms with Gasteiger partial charge in [-0.15, -0.1) is 0 Å². The largest absolute Gasteiger partial charge is 0.379 e. The molecule has 2 aromatic carbocycles. The Balaban J connectivity index is 1.28. The summed E-state index contributed by atoms with van der Waals surface area (Å²) >= 11 is 0. The van der Waals surface area contributed by atoms with E-state index in [1.54, 1.807) is 0 Å². The maximum atomic E-state index is 14.2. The van der Waals surface area contributed by atoms with Gasteiger partial charge >= 0.3 is 0 Å². The zero-order valence-corrected chi connectivity index (χ0v) is 34.7. The Morgan fingerprint density at radius 3 is 2.26 bits per heavy atom. The third-order valence-electron chi connectivity index (χ3n) is 13.5. The van der Waals surface area contributed by atoms with Gasteiger partial charge in [0.25, 0.3) is 5.91 Å². The SMILES string of the molecule is CCN(c1cc(-c2ccc(CN3CCOCC3)cc2)cc(C(=O)NCC(C=O)C(C)CC(C)CCC2(C)CCCCCCCC2)c1C)C1CCC(N)CC1. The minimum Gasteiger partial charge on any atom is -0.379 e. The number of rotatable bonds is 16. The van der Waals surface area contributed by atoms with Crippen molar-refractivity contribution in [2.24, 2.45) is 28.9 Å². The van der Waals surface area contributed by atoms with Gasteiger partial charge < -0.3 is 25.5 Å². The first-order valence-electron chi connectivity index (χ1n) is 21.9. The molecule has 0 spiro atoms. The van der Waals surface area contributed by atoms with E-state index in [1.165, 1.54) is 69.8 Å². The molecule has 0 aromatic heterocycles. The van der Waals surface area contributed by atoms with Crippen LogP contribution in [-0.4, -0.2) is 68.6 Å². The molecule has 0 bridgehead atoms. The monoisotopic (exact) mass is 743 g/mol. The summed E-state index contributed by atoms with van der Waals surface area (Å²) in [6, 6.07) is 13.9. The van der Waals surface area contributed by atoms with Gasteiger partial charge in [0.15, 0.2) is 0 Å². The summed E-state index contributed by atoms with van der Waals surface area (Å²) in [5.41, 5.74) is 13.0. The molecular weight excluding hydrogens is 669 g/mol. The van der Waals surface area contributed by atoms with Crippen LogP contribution in [0.2, 0.25) is 0 Å². The highest BCUT2D eigenvalue weighted by Gasteiger charge is 2.29. The van der Waals surface area contributed by atoms with Crippen LogP contribution < -0.4 is 16.0 Å². The fraction of sp³-hybridized carbons (Fsp3) is 0.702. The van der Waals surface area contributed by atoms with Crippen LogP contribution in [0.3, 0.4) is 0 Å². The van der Waals surface area contributed by atoms with E-state index in [-0.39, 0.29) is 23.8 Å². The molecule has 2 aliphatic carbocycles. The highest BCUT2D eigenvalue weighted by molar-refractivity contribution is 5.99. The van der Waals surface area contributed by atoms with E-state index in [0.717, 1.165) is 100 Å². The molecule has 300 valence electrons. The summed E-state index contributed by atoms with van der Waals surface area (Å²) in [6.45, 7) is 17.0. The van der Waals surface area contributed by atoms with Crippen LogP contribution in [0.25, 0.3) is 11.1 Å². The van der Waals surface area contributed by atoms with Crippen molar-refractivity contribution >= 4 is 17.9 Å². The molecule has 7 nitrogen and oxygen atoms in total. The van der Waals surface area contributed by atoms with Gasteiger partial charge in [-0.25, -0.2) is 0 Å². The lowest BCUT2D eigenvalue weighted by Gasteiger charge is -2.38. The second-order valence-electron chi connectivity index (χ2n) is 17.9. The van der Waals surface area contributed by atoms with Crippen molar-refractivity contribution in [3.63, 3.8) is 0 Å². The number of anilines is 1. The number of nitrogens with zero attached hydrogens (tertiary/aromatic N) is 2. The molecule has 3 fully saturated rings. The van der Waals surface area contributed by atoms with Gasteiger partial charge in [0, 0.05) is 62.0 Å². The third kappa shape index (κ3) is 12.1. The molecule has 54 heavy (non-hydrogen) atoms. The van der Waals surface area contributed by atoms with Crippen molar-refractivity contribution in [3.05, 3.63) is 53.1 Å². The third-order valence-corrected chi connectivity index (χ3v) is 13.5. The Morgan fingerprint density at radius 2 is 1.63 bits per heavy atom. The number of morpholine rings is 1. The second kappa shape index (κ2) is 21.0. The zero-order valence-electron chi connectivity index (χ0n) is 34.7. The molecule has 1 saturated heterocycles. The van der Waals surface area contributed by atoms with Crippen LogP contribution in [0.1, 0.15) is 145 Å². The minimum atomic E-state index is -0.211. The number of hydrogen-bond acceptors (Lipinski definition) is 6. The highest BCUT2D eigenvalue weighted by atomic mass is 16.5. The van der Waals surface area contributed by atoms with E-state index in [0.29, 0.717) is 29.5 Å².